The number of pyridine rings is 1. The second kappa shape index (κ2) is 5.43. The van der Waals surface area contributed by atoms with E-state index in [0.29, 0.717) is 12.1 Å². The molecule has 0 aliphatic carbocycles. The first-order chi connectivity index (χ1) is 7.15. The summed E-state index contributed by atoms with van der Waals surface area (Å²) in [5, 5.41) is 13.6. The minimum Gasteiger partial charge on any atom is -0.316 e. The van der Waals surface area contributed by atoms with Gasteiger partial charge in [0.15, 0.2) is 0 Å². The summed E-state index contributed by atoms with van der Waals surface area (Å²) in [6, 6.07) is 1.39. The Bertz CT molecular complexity index is 393. The van der Waals surface area contributed by atoms with Crippen molar-refractivity contribution in [3.63, 3.8) is 0 Å². The number of nitro groups is 1. The van der Waals surface area contributed by atoms with Crippen molar-refractivity contribution in [3.05, 3.63) is 39.2 Å². The van der Waals surface area contributed by atoms with Crippen LogP contribution < -0.4 is 5.32 Å². The summed E-state index contributed by atoms with van der Waals surface area (Å²) >= 11 is 5.77. The monoisotopic (exact) mass is 227 g/mol. The molecule has 0 spiro atoms. The van der Waals surface area contributed by atoms with Crippen LogP contribution in [0.4, 0.5) is 5.69 Å². The Morgan fingerprint density at radius 3 is 3.07 bits per heavy atom. The Hall–Kier alpha value is -1.46. The molecule has 0 aromatic carbocycles. The lowest BCUT2D eigenvalue weighted by Crippen LogP contribution is -2.03. The molecule has 0 aliphatic heterocycles. The average molecular weight is 228 g/mol. The quantitative estimate of drug-likeness (QED) is 0.484. The van der Waals surface area contributed by atoms with E-state index >= 15 is 0 Å². The Labute approximate surface area is 91.9 Å². The molecule has 0 radical (unpaired) electrons. The van der Waals surface area contributed by atoms with Crippen molar-refractivity contribution in [2.24, 2.45) is 0 Å². The minimum absolute atomic E-state index is 0.0662. The molecule has 0 saturated heterocycles. The fraction of sp³-hybridized carbons (Fsp3) is 0.222. The van der Waals surface area contributed by atoms with Crippen molar-refractivity contribution in [2.45, 2.75) is 0 Å². The van der Waals surface area contributed by atoms with E-state index in [1.807, 2.05) is 6.08 Å². The van der Waals surface area contributed by atoms with Crippen LogP contribution in [0.15, 0.2) is 18.3 Å². The fourth-order valence-electron chi connectivity index (χ4n) is 0.974. The van der Waals surface area contributed by atoms with Crippen molar-refractivity contribution in [1.29, 1.82) is 0 Å². The molecule has 1 N–H and O–H groups in total. The van der Waals surface area contributed by atoms with Gasteiger partial charge in [-0.2, -0.15) is 0 Å². The van der Waals surface area contributed by atoms with E-state index in [1.165, 1.54) is 6.07 Å². The summed E-state index contributed by atoms with van der Waals surface area (Å²) in [5.41, 5.74) is 0.477. The predicted molar refractivity (Wildman–Crippen MR) is 58.9 cm³/mol. The van der Waals surface area contributed by atoms with Gasteiger partial charge in [0.1, 0.15) is 11.3 Å². The number of rotatable bonds is 4. The summed E-state index contributed by atoms with van der Waals surface area (Å²) in [6.45, 7) is 0.666. The molecular weight excluding hydrogens is 218 g/mol. The Morgan fingerprint density at radius 2 is 2.47 bits per heavy atom. The number of halogens is 1. The van der Waals surface area contributed by atoms with Gasteiger partial charge in [-0.25, -0.2) is 4.98 Å². The Balaban J connectivity index is 2.95. The van der Waals surface area contributed by atoms with Crippen LogP contribution in [0, 0.1) is 10.1 Å². The van der Waals surface area contributed by atoms with Crippen molar-refractivity contribution < 1.29 is 4.92 Å². The van der Waals surface area contributed by atoms with E-state index in [4.69, 9.17) is 11.6 Å². The highest BCUT2D eigenvalue weighted by atomic mass is 35.5. The van der Waals surface area contributed by atoms with Crippen LogP contribution in [0.1, 0.15) is 5.56 Å². The SMILES string of the molecule is CNCC=Cc1cc([N+](=O)[O-])cnc1Cl. The third kappa shape index (κ3) is 3.30. The van der Waals surface area contributed by atoms with Crippen LogP contribution in [0.25, 0.3) is 6.08 Å². The van der Waals surface area contributed by atoms with Gasteiger partial charge < -0.3 is 5.32 Å². The highest BCUT2D eigenvalue weighted by Gasteiger charge is 2.08. The summed E-state index contributed by atoms with van der Waals surface area (Å²) in [5.74, 6) is 0. The van der Waals surface area contributed by atoms with Gasteiger partial charge in [0, 0.05) is 18.2 Å². The summed E-state index contributed by atoms with van der Waals surface area (Å²) in [6.07, 6.45) is 4.64. The maximum absolute atomic E-state index is 10.5. The molecule has 5 nitrogen and oxygen atoms in total. The number of hydrogen-bond acceptors (Lipinski definition) is 4. The van der Waals surface area contributed by atoms with Crippen molar-refractivity contribution >= 4 is 23.4 Å². The lowest BCUT2D eigenvalue weighted by Gasteiger charge is -1.97. The van der Waals surface area contributed by atoms with E-state index in [9.17, 15) is 10.1 Å². The molecule has 0 fully saturated rings. The number of hydrogen-bond donors (Lipinski definition) is 1. The molecule has 1 aromatic rings. The molecule has 0 amide bonds. The number of nitrogens with one attached hydrogen (secondary N) is 1. The van der Waals surface area contributed by atoms with Gasteiger partial charge in [0.25, 0.3) is 5.69 Å². The molecule has 15 heavy (non-hydrogen) atoms. The number of nitrogens with zero attached hydrogens (tertiary/aromatic N) is 2. The van der Waals surface area contributed by atoms with Gasteiger partial charge >= 0.3 is 0 Å². The number of likely N-dealkylation sites (N-methyl/N-ethyl adjacent to an activating group) is 1. The summed E-state index contributed by atoms with van der Waals surface area (Å²) < 4.78 is 0. The number of aromatic nitrogens is 1. The Morgan fingerprint density at radius 1 is 1.73 bits per heavy atom. The van der Waals surface area contributed by atoms with Gasteiger partial charge in [0.05, 0.1) is 4.92 Å². The lowest BCUT2D eigenvalue weighted by atomic mass is 10.2. The van der Waals surface area contributed by atoms with Crippen LogP contribution >= 0.6 is 11.6 Å². The first kappa shape index (κ1) is 11.6. The smallest absolute Gasteiger partial charge is 0.288 e. The van der Waals surface area contributed by atoms with Crippen LogP contribution in [0.2, 0.25) is 5.15 Å². The molecule has 6 heteroatoms. The van der Waals surface area contributed by atoms with Crippen molar-refractivity contribution in [2.75, 3.05) is 13.6 Å². The predicted octanol–water partition coefficient (Wildman–Crippen LogP) is 1.88. The van der Waals surface area contributed by atoms with Crippen molar-refractivity contribution in [3.8, 4) is 0 Å². The molecule has 1 aromatic heterocycles. The summed E-state index contributed by atoms with van der Waals surface area (Å²) in [4.78, 5) is 13.7. The standard InChI is InChI=1S/C9H10ClN3O2/c1-11-4-2-3-7-5-8(13(14)15)6-12-9(7)10/h2-3,5-6,11H,4H2,1H3. The fourth-order valence-corrected chi connectivity index (χ4v) is 1.14. The van der Waals surface area contributed by atoms with Crippen LogP contribution in [0.5, 0.6) is 0 Å². The first-order valence-electron chi connectivity index (χ1n) is 4.26. The zero-order chi connectivity index (χ0) is 11.3. The molecule has 0 bridgehead atoms. The molecule has 80 valence electrons. The zero-order valence-corrected chi connectivity index (χ0v) is 8.86. The van der Waals surface area contributed by atoms with E-state index in [0.717, 1.165) is 6.20 Å². The molecule has 1 rings (SSSR count). The van der Waals surface area contributed by atoms with E-state index < -0.39 is 4.92 Å². The van der Waals surface area contributed by atoms with E-state index in [1.54, 1.807) is 13.1 Å². The largest absolute Gasteiger partial charge is 0.316 e. The molecule has 0 saturated carbocycles. The van der Waals surface area contributed by atoms with Gasteiger partial charge in [-0.15, -0.1) is 0 Å². The van der Waals surface area contributed by atoms with Gasteiger partial charge in [0.2, 0.25) is 0 Å². The van der Waals surface area contributed by atoms with Crippen molar-refractivity contribution in [1.82, 2.24) is 10.3 Å². The van der Waals surface area contributed by atoms with E-state index in [2.05, 4.69) is 10.3 Å². The maximum atomic E-state index is 10.5. The summed E-state index contributed by atoms with van der Waals surface area (Å²) in [7, 11) is 1.80. The topological polar surface area (TPSA) is 68.1 Å². The average Bonchev–Trinajstić information content (AvgIpc) is 2.20. The third-order valence-corrected chi connectivity index (χ3v) is 2.00. The van der Waals surface area contributed by atoms with Crippen LogP contribution in [0.3, 0.4) is 0 Å². The van der Waals surface area contributed by atoms with Gasteiger partial charge in [-0.05, 0) is 7.05 Å². The third-order valence-electron chi connectivity index (χ3n) is 1.68. The Kier molecular flexibility index (Phi) is 4.20. The molecule has 0 unspecified atom stereocenters. The maximum Gasteiger partial charge on any atom is 0.288 e. The molecule has 0 atom stereocenters. The molecule has 0 aliphatic rings. The minimum atomic E-state index is -0.501. The zero-order valence-electron chi connectivity index (χ0n) is 8.11. The lowest BCUT2D eigenvalue weighted by molar-refractivity contribution is -0.385. The van der Waals surface area contributed by atoms with Crippen LogP contribution in [-0.2, 0) is 0 Å². The molecular formula is C9H10ClN3O2. The highest BCUT2D eigenvalue weighted by molar-refractivity contribution is 6.30. The second-order valence-corrected chi connectivity index (χ2v) is 3.15. The second-order valence-electron chi connectivity index (χ2n) is 2.79. The van der Waals surface area contributed by atoms with Gasteiger partial charge in [-0.1, -0.05) is 23.8 Å². The molecule has 1 heterocycles. The highest BCUT2D eigenvalue weighted by Crippen LogP contribution is 2.19. The van der Waals surface area contributed by atoms with Crippen LogP contribution in [-0.4, -0.2) is 23.5 Å². The van der Waals surface area contributed by atoms with Gasteiger partial charge in [-0.3, -0.25) is 10.1 Å². The van der Waals surface area contributed by atoms with E-state index in [-0.39, 0.29) is 10.8 Å². The normalized spacial score (nSPS) is 10.8. The first-order valence-corrected chi connectivity index (χ1v) is 4.64.